The van der Waals surface area contributed by atoms with Gasteiger partial charge in [0.2, 0.25) is 0 Å². The van der Waals surface area contributed by atoms with Crippen LogP contribution in [0.4, 0.5) is 4.79 Å². The Morgan fingerprint density at radius 3 is 2.80 bits per heavy atom. The molecule has 1 saturated heterocycles. The van der Waals surface area contributed by atoms with Crippen molar-refractivity contribution in [3.05, 3.63) is 53.9 Å². The number of carbonyl (C=O) groups excluding carboxylic acids is 2. The number of nitrogens with one attached hydrogen (secondary N) is 1. The molecule has 25 heavy (non-hydrogen) atoms. The van der Waals surface area contributed by atoms with Gasteiger partial charge in [0.05, 0.1) is 18.3 Å². The van der Waals surface area contributed by atoms with E-state index in [0.29, 0.717) is 25.2 Å². The zero-order valence-electron chi connectivity index (χ0n) is 14.1. The van der Waals surface area contributed by atoms with Crippen molar-refractivity contribution < 1.29 is 9.59 Å². The summed E-state index contributed by atoms with van der Waals surface area (Å²) in [6.07, 6.45) is 6.27. The Bertz CT molecular complexity index is 728. The predicted molar refractivity (Wildman–Crippen MR) is 94.0 cm³/mol. The SMILES string of the molecule is NC(=O)NC[C@@H]1CCCCN1C(=O)c1cnn(Cc2ccccc2)c1. The summed E-state index contributed by atoms with van der Waals surface area (Å²) in [6, 6.07) is 9.40. The molecular formula is C18H23N5O2. The molecule has 3 N–H and O–H groups in total. The van der Waals surface area contributed by atoms with Crippen LogP contribution >= 0.6 is 0 Å². The van der Waals surface area contributed by atoms with Gasteiger partial charge in [-0.2, -0.15) is 5.10 Å². The Hall–Kier alpha value is -2.83. The number of likely N-dealkylation sites (tertiary alicyclic amines) is 1. The molecule has 1 aromatic heterocycles. The molecule has 1 aliphatic rings. The van der Waals surface area contributed by atoms with Crippen molar-refractivity contribution >= 4 is 11.9 Å². The molecule has 0 bridgehead atoms. The van der Waals surface area contributed by atoms with Gasteiger partial charge in [-0.15, -0.1) is 0 Å². The number of hydrogen-bond donors (Lipinski definition) is 2. The van der Waals surface area contributed by atoms with E-state index in [9.17, 15) is 9.59 Å². The number of carbonyl (C=O) groups is 2. The van der Waals surface area contributed by atoms with Crippen LogP contribution in [0.3, 0.4) is 0 Å². The summed E-state index contributed by atoms with van der Waals surface area (Å²) >= 11 is 0. The monoisotopic (exact) mass is 341 g/mol. The molecule has 0 unspecified atom stereocenters. The smallest absolute Gasteiger partial charge is 0.312 e. The highest BCUT2D eigenvalue weighted by Gasteiger charge is 2.28. The van der Waals surface area contributed by atoms with Crippen LogP contribution in [0.2, 0.25) is 0 Å². The van der Waals surface area contributed by atoms with Crippen molar-refractivity contribution in [3.63, 3.8) is 0 Å². The number of amides is 3. The summed E-state index contributed by atoms with van der Waals surface area (Å²) in [7, 11) is 0. The molecule has 2 aromatic rings. The van der Waals surface area contributed by atoms with E-state index in [0.717, 1.165) is 24.8 Å². The number of nitrogens with zero attached hydrogens (tertiary/aromatic N) is 3. The van der Waals surface area contributed by atoms with E-state index in [1.165, 1.54) is 0 Å². The fraction of sp³-hybridized carbons (Fsp3) is 0.389. The van der Waals surface area contributed by atoms with Crippen molar-refractivity contribution in [2.24, 2.45) is 5.73 Å². The number of piperidine rings is 1. The second kappa shape index (κ2) is 7.83. The normalized spacial score (nSPS) is 17.3. The molecule has 3 amide bonds. The van der Waals surface area contributed by atoms with Crippen molar-refractivity contribution in [3.8, 4) is 0 Å². The summed E-state index contributed by atoms with van der Waals surface area (Å²) < 4.78 is 1.77. The Balaban J connectivity index is 1.68. The summed E-state index contributed by atoms with van der Waals surface area (Å²) in [5.41, 5.74) is 6.85. The molecular weight excluding hydrogens is 318 g/mol. The number of nitrogens with two attached hydrogens (primary N) is 1. The molecule has 1 fully saturated rings. The second-order valence-corrected chi connectivity index (χ2v) is 6.31. The first-order chi connectivity index (χ1) is 12.1. The second-order valence-electron chi connectivity index (χ2n) is 6.31. The molecule has 0 spiro atoms. The quantitative estimate of drug-likeness (QED) is 0.865. The van der Waals surface area contributed by atoms with Gasteiger partial charge in [0.1, 0.15) is 0 Å². The van der Waals surface area contributed by atoms with E-state index in [2.05, 4.69) is 10.4 Å². The van der Waals surface area contributed by atoms with Gasteiger partial charge in [0, 0.05) is 25.3 Å². The molecule has 1 aromatic carbocycles. The number of primary amides is 1. The Morgan fingerprint density at radius 1 is 1.24 bits per heavy atom. The Kier molecular flexibility index (Phi) is 5.33. The highest BCUT2D eigenvalue weighted by atomic mass is 16.2. The molecule has 3 rings (SSSR count). The van der Waals surface area contributed by atoms with E-state index in [1.807, 2.05) is 35.2 Å². The maximum absolute atomic E-state index is 12.8. The average Bonchev–Trinajstić information content (AvgIpc) is 3.09. The van der Waals surface area contributed by atoms with Crippen LogP contribution in [0.5, 0.6) is 0 Å². The van der Waals surface area contributed by atoms with Crippen LogP contribution in [0, 0.1) is 0 Å². The highest BCUT2D eigenvalue weighted by molar-refractivity contribution is 5.94. The van der Waals surface area contributed by atoms with E-state index >= 15 is 0 Å². The minimum Gasteiger partial charge on any atom is -0.352 e. The molecule has 132 valence electrons. The van der Waals surface area contributed by atoms with Gasteiger partial charge in [0.15, 0.2) is 0 Å². The van der Waals surface area contributed by atoms with Crippen LogP contribution in [0.25, 0.3) is 0 Å². The lowest BCUT2D eigenvalue weighted by Crippen LogP contribution is -2.50. The molecule has 0 radical (unpaired) electrons. The van der Waals surface area contributed by atoms with E-state index in [1.54, 1.807) is 17.1 Å². The third kappa shape index (κ3) is 4.37. The first-order valence-electron chi connectivity index (χ1n) is 8.54. The zero-order chi connectivity index (χ0) is 17.6. The lowest BCUT2D eigenvalue weighted by atomic mass is 10.0. The van der Waals surface area contributed by atoms with Crippen LogP contribution in [0.1, 0.15) is 35.2 Å². The summed E-state index contributed by atoms with van der Waals surface area (Å²) in [5.74, 6) is -0.0460. The van der Waals surface area contributed by atoms with Crippen molar-refractivity contribution in [2.75, 3.05) is 13.1 Å². The first kappa shape index (κ1) is 17.0. The van der Waals surface area contributed by atoms with Gasteiger partial charge in [-0.25, -0.2) is 4.79 Å². The molecule has 1 atom stereocenters. The molecule has 7 nitrogen and oxygen atoms in total. The highest BCUT2D eigenvalue weighted by Crippen LogP contribution is 2.19. The van der Waals surface area contributed by atoms with Crippen molar-refractivity contribution in [1.29, 1.82) is 0 Å². The van der Waals surface area contributed by atoms with Gasteiger partial charge in [-0.1, -0.05) is 30.3 Å². The van der Waals surface area contributed by atoms with Crippen molar-refractivity contribution in [1.82, 2.24) is 20.0 Å². The first-order valence-corrected chi connectivity index (χ1v) is 8.54. The van der Waals surface area contributed by atoms with E-state index < -0.39 is 6.03 Å². The van der Waals surface area contributed by atoms with Crippen LogP contribution in [-0.2, 0) is 6.54 Å². The summed E-state index contributed by atoms with van der Waals surface area (Å²) in [5, 5.41) is 6.92. The minimum atomic E-state index is -0.561. The third-order valence-corrected chi connectivity index (χ3v) is 4.47. The van der Waals surface area contributed by atoms with Gasteiger partial charge < -0.3 is 16.0 Å². The lowest BCUT2D eigenvalue weighted by molar-refractivity contribution is 0.0615. The largest absolute Gasteiger partial charge is 0.352 e. The fourth-order valence-electron chi connectivity index (χ4n) is 3.20. The van der Waals surface area contributed by atoms with Gasteiger partial charge in [0.25, 0.3) is 5.91 Å². The number of aromatic nitrogens is 2. The number of rotatable bonds is 5. The minimum absolute atomic E-state index is 0.0220. The summed E-state index contributed by atoms with van der Waals surface area (Å²) in [4.78, 5) is 25.6. The van der Waals surface area contributed by atoms with E-state index in [4.69, 9.17) is 5.73 Å². The van der Waals surface area contributed by atoms with Crippen LogP contribution in [0.15, 0.2) is 42.7 Å². The zero-order valence-corrected chi connectivity index (χ0v) is 14.1. The van der Waals surface area contributed by atoms with Gasteiger partial charge >= 0.3 is 6.03 Å². The average molecular weight is 341 g/mol. The van der Waals surface area contributed by atoms with Crippen LogP contribution in [-0.4, -0.2) is 45.8 Å². The molecule has 0 aliphatic carbocycles. The predicted octanol–water partition coefficient (Wildman–Crippen LogP) is 1.59. The third-order valence-electron chi connectivity index (χ3n) is 4.47. The van der Waals surface area contributed by atoms with Crippen LogP contribution < -0.4 is 11.1 Å². The Morgan fingerprint density at radius 2 is 2.04 bits per heavy atom. The van der Waals surface area contributed by atoms with Gasteiger partial charge in [-0.05, 0) is 24.8 Å². The molecule has 0 saturated carbocycles. The number of hydrogen-bond acceptors (Lipinski definition) is 3. The van der Waals surface area contributed by atoms with Gasteiger partial charge in [-0.3, -0.25) is 9.48 Å². The molecule has 2 heterocycles. The Labute approximate surface area is 146 Å². The summed E-state index contributed by atoms with van der Waals surface area (Å²) in [6.45, 7) is 1.70. The topological polar surface area (TPSA) is 93.2 Å². The van der Waals surface area contributed by atoms with Crippen molar-refractivity contribution in [2.45, 2.75) is 31.8 Å². The molecule has 1 aliphatic heterocycles. The number of benzene rings is 1. The lowest BCUT2D eigenvalue weighted by Gasteiger charge is -2.35. The molecule has 7 heteroatoms. The number of urea groups is 1. The fourth-order valence-corrected chi connectivity index (χ4v) is 3.20. The van der Waals surface area contributed by atoms with E-state index in [-0.39, 0.29) is 11.9 Å². The maximum Gasteiger partial charge on any atom is 0.312 e. The standard InChI is InChI=1S/C18H23N5O2/c19-18(25)20-11-16-8-4-5-9-23(16)17(24)15-10-21-22(13-15)12-14-6-2-1-3-7-14/h1-3,6-7,10,13,16H,4-5,8-9,11-12H2,(H3,19,20,25)/t16-/m0/s1. The maximum atomic E-state index is 12.8.